The van der Waals surface area contributed by atoms with Crippen LogP contribution < -0.4 is 0 Å². The lowest BCUT2D eigenvalue weighted by molar-refractivity contribution is 1.49. The minimum absolute atomic E-state index is 1.10. The number of benzene rings is 1. The molecular weight excluding hydrogens is 348 g/mol. The molecule has 5 aromatic rings. The van der Waals surface area contributed by atoms with Crippen LogP contribution in [0.3, 0.4) is 0 Å². The summed E-state index contributed by atoms with van der Waals surface area (Å²) in [5.74, 6) is 0. The van der Waals surface area contributed by atoms with Gasteiger partial charge in [-0.15, -0.1) is 45.3 Å². The molecule has 6 heteroatoms. The standard InChI is InChI=1S/C16H8N2S4/c1-3-9(19-5-1)11-13-16(22-7-17-13)12(10-4-2-6-20-10)14-15(11)21-8-18-14/h1-8H. The zero-order chi connectivity index (χ0) is 14.5. The lowest BCUT2D eigenvalue weighted by atomic mass is 10.1. The highest BCUT2D eigenvalue weighted by atomic mass is 32.1. The van der Waals surface area contributed by atoms with Gasteiger partial charge in [-0.3, -0.25) is 0 Å². The molecular formula is C16H8N2S4. The molecule has 0 saturated heterocycles. The fourth-order valence-corrected chi connectivity index (χ4v) is 6.11. The highest BCUT2D eigenvalue weighted by Crippen LogP contribution is 2.47. The summed E-state index contributed by atoms with van der Waals surface area (Å²) in [4.78, 5) is 11.9. The molecule has 0 fully saturated rings. The number of hydrogen-bond donors (Lipinski definition) is 0. The highest BCUT2D eigenvalue weighted by molar-refractivity contribution is 7.21. The van der Waals surface area contributed by atoms with Crippen LogP contribution in [0.4, 0.5) is 0 Å². The van der Waals surface area contributed by atoms with Crippen LogP contribution in [-0.4, -0.2) is 9.97 Å². The van der Waals surface area contributed by atoms with Crippen molar-refractivity contribution in [2.24, 2.45) is 0 Å². The van der Waals surface area contributed by atoms with Crippen molar-refractivity contribution in [3.05, 3.63) is 46.0 Å². The van der Waals surface area contributed by atoms with Gasteiger partial charge < -0.3 is 0 Å². The van der Waals surface area contributed by atoms with Crippen molar-refractivity contribution in [2.75, 3.05) is 0 Å². The van der Waals surface area contributed by atoms with Crippen molar-refractivity contribution in [1.82, 2.24) is 9.97 Å². The van der Waals surface area contributed by atoms with Crippen molar-refractivity contribution in [3.8, 4) is 20.9 Å². The minimum atomic E-state index is 1.10. The van der Waals surface area contributed by atoms with Crippen molar-refractivity contribution < 1.29 is 0 Å². The van der Waals surface area contributed by atoms with Crippen LogP contribution in [-0.2, 0) is 0 Å². The second kappa shape index (κ2) is 4.96. The third-order valence-corrected chi connectivity index (χ3v) is 7.06. The van der Waals surface area contributed by atoms with E-state index in [1.54, 1.807) is 45.3 Å². The SMILES string of the molecule is c1csc(-c2c3ncsc3c(-c3cccs3)c3ncsc23)c1. The van der Waals surface area contributed by atoms with Gasteiger partial charge in [0.15, 0.2) is 0 Å². The summed E-state index contributed by atoms with van der Waals surface area (Å²) in [5.41, 5.74) is 8.58. The van der Waals surface area contributed by atoms with Gasteiger partial charge >= 0.3 is 0 Å². The molecule has 0 aliphatic heterocycles. The van der Waals surface area contributed by atoms with Gasteiger partial charge in [0.1, 0.15) is 0 Å². The quantitative estimate of drug-likeness (QED) is 0.367. The first kappa shape index (κ1) is 12.9. The number of thiophene rings is 2. The molecule has 106 valence electrons. The molecule has 2 nitrogen and oxygen atoms in total. The van der Waals surface area contributed by atoms with Gasteiger partial charge in [0, 0.05) is 20.9 Å². The molecule has 1 aromatic carbocycles. The van der Waals surface area contributed by atoms with E-state index in [4.69, 9.17) is 0 Å². The summed E-state index contributed by atoms with van der Waals surface area (Å²) >= 11 is 6.94. The van der Waals surface area contributed by atoms with Crippen LogP contribution in [0.15, 0.2) is 46.0 Å². The zero-order valence-corrected chi connectivity index (χ0v) is 14.4. The number of hydrogen-bond acceptors (Lipinski definition) is 6. The summed E-state index contributed by atoms with van der Waals surface area (Å²) in [6.45, 7) is 0. The molecule has 0 aliphatic rings. The molecule has 0 bridgehead atoms. The van der Waals surface area contributed by atoms with E-state index in [0.29, 0.717) is 0 Å². The lowest BCUT2D eigenvalue weighted by Crippen LogP contribution is -1.84. The Morgan fingerprint density at radius 2 is 1.14 bits per heavy atom. The predicted octanol–water partition coefficient (Wildman–Crippen LogP) is 6.36. The van der Waals surface area contributed by atoms with E-state index in [9.17, 15) is 0 Å². The molecule has 0 radical (unpaired) electrons. The van der Waals surface area contributed by atoms with E-state index in [-0.39, 0.29) is 0 Å². The first-order valence-corrected chi connectivity index (χ1v) is 10.2. The maximum atomic E-state index is 4.68. The number of rotatable bonds is 2. The third kappa shape index (κ3) is 1.75. The topological polar surface area (TPSA) is 25.8 Å². The average molecular weight is 357 g/mol. The number of aromatic nitrogens is 2. The molecule has 5 rings (SSSR count). The van der Waals surface area contributed by atoms with Crippen LogP contribution in [0.5, 0.6) is 0 Å². The molecule has 0 spiro atoms. The van der Waals surface area contributed by atoms with Gasteiger partial charge in [0.2, 0.25) is 0 Å². The second-order valence-electron chi connectivity index (χ2n) is 4.76. The summed E-state index contributed by atoms with van der Waals surface area (Å²) in [6, 6.07) is 8.53. The predicted molar refractivity (Wildman–Crippen MR) is 99.4 cm³/mol. The Bertz CT molecular complexity index is 934. The second-order valence-corrected chi connectivity index (χ2v) is 8.37. The Balaban J connectivity index is 2.02. The lowest BCUT2D eigenvalue weighted by Gasteiger charge is -2.07. The van der Waals surface area contributed by atoms with E-state index in [0.717, 1.165) is 11.0 Å². The molecule has 4 heterocycles. The van der Waals surface area contributed by atoms with Gasteiger partial charge in [-0.1, -0.05) is 12.1 Å². The Kier molecular flexibility index (Phi) is 2.91. The molecule has 4 aromatic heterocycles. The summed E-state index contributed by atoms with van der Waals surface area (Å²) in [6.07, 6.45) is 0. The van der Waals surface area contributed by atoms with Crippen LogP contribution in [0.2, 0.25) is 0 Å². The van der Waals surface area contributed by atoms with Gasteiger partial charge in [-0.05, 0) is 22.9 Å². The van der Waals surface area contributed by atoms with Crippen LogP contribution in [0.1, 0.15) is 0 Å². The summed E-state index contributed by atoms with van der Waals surface area (Å²) in [5, 5.41) is 4.24. The van der Waals surface area contributed by atoms with Crippen molar-refractivity contribution in [2.45, 2.75) is 0 Å². The van der Waals surface area contributed by atoms with Crippen LogP contribution in [0.25, 0.3) is 41.3 Å². The molecule has 0 saturated carbocycles. The molecule has 0 unspecified atom stereocenters. The summed E-state index contributed by atoms with van der Waals surface area (Å²) < 4.78 is 2.48. The van der Waals surface area contributed by atoms with Crippen molar-refractivity contribution >= 4 is 65.8 Å². The minimum Gasteiger partial charge on any atom is -0.244 e. The first-order chi connectivity index (χ1) is 10.9. The van der Waals surface area contributed by atoms with E-state index in [1.165, 1.54) is 30.3 Å². The fourth-order valence-electron chi connectivity index (χ4n) is 2.72. The Morgan fingerprint density at radius 1 is 0.636 bits per heavy atom. The zero-order valence-electron chi connectivity index (χ0n) is 11.1. The summed E-state index contributed by atoms with van der Waals surface area (Å²) in [7, 11) is 0. The smallest absolute Gasteiger partial charge is 0.0921 e. The van der Waals surface area contributed by atoms with Crippen LogP contribution in [0, 0.1) is 0 Å². The fraction of sp³-hybridized carbons (Fsp3) is 0. The van der Waals surface area contributed by atoms with Gasteiger partial charge in [-0.2, -0.15) is 0 Å². The van der Waals surface area contributed by atoms with Gasteiger partial charge in [0.05, 0.1) is 31.5 Å². The van der Waals surface area contributed by atoms with Crippen molar-refractivity contribution in [1.29, 1.82) is 0 Å². The third-order valence-electron chi connectivity index (χ3n) is 3.60. The Labute approximate surface area is 142 Å². The van der Waals surface area contributed by atoms with E-state index in [2.05, 4.69) is 45.0 Å². The molecule has 0 amide bonds. The average Bonchev–Trinajstić information content (AvgIpc) is 3.29. The Hall–Kier alpha value is -1.60. The largest absolute Gasteiger partial charge is 0.244 e. The monoisotopic (exact) mass is 356 g/mol. The number of nitrogens with zero attached hydrogens (tertiary/aromatic N) is 2. The normalized spacial score (nSPS) is 11.6. The molecule has 0 N–H and O–H groups in total. The first-order valence-electron chi connectivity index (χ1n) is 6.63. The number of fused-ring (bicyclic) bond motifs is 2. The maximum absolute atomic E-state index is 4.68. The molecule has 0 atom stereocenters. The highest BCUT2D eigenvalue weighted by Gasteiger charge is 2.21. The van der Waals surface area contributed by atoms with E-state index < -0.39 is 0 Å². The maximum Gasteiger partial charge on any atom is 0.0921 e. The Morgan fingerprint density at radius 3 is 1.55 bits per heavy atom. The number of thiazole rings is 2. The molecule has 22 heavy (non-hydrogen) atoms. The van der Waals surface area contributed by atoms with Crippen LogP contribution >= 0.6 is 45.3 Å². The molecule has 0 aliphatic carbocycles. The van der Waals surface area contributed by atoms with E-state index in [1.807, 2.05) is 11.0 Å². The van der Waals surface area contributed by atoms with Gasteiger partial charge in [0.25, 0.3) is 0 Å². The van der Waals surface area contributed by atoms with E-state index >= 15 is 0 Å². The van der Waals surface area contributed by atoms with Crippen molar-refractivity contribution in [3.63, 3.8) is 0 Å². The van der Waals surface area contributed by atoms with Gasteiger partial charge in [-0.25, -0.2) is 9.97 Å².